The summed E-state index contributed by atoms with van der Waals surface area (Å²) in [5.41, 5.74) is 8.37. The van der Waals surface area contributed by atoms with E-state index in [1.54, 1.807) is 10.9 Å². The van der Waals surface area contributed by atoms with Crippen LogP contribution in [0.15, 0.2) is 30.5 Å². The number of nitrogens with zero attached hydrogens (tertiary/aromatic N) is 3. The number of benzene rings is 1. The molecule has 130 valence electrons. The van der Waals surface area contributed by atoms with Gasteiger partial charge in [0.2, 0.25) is 0 Å². The van der Waals surface area contributed by atoms with Crippen LogP contribution in [0.3, 0.4) is 0 Å². The first-order valence-electron chi connectivity index (χ1n) is 7.98. The van der Waals surface area contributed by atoms with Crippen LogP contribution in [0.2, 0.25) is 5.02 Å². The second kappa shape index (κ2) is 8.01. The summed E-state index contributed by atoms with van der Waals surface area (Å²) < 4.78 is 1.80. The van der Waals surface area contributed by atoms with Crippen LogP contribution in [0.4, 0.5) is 0 Å². The van der Waals surface area contributed by atoms with Gasteiger partial charge >= 0.3 is 0 Å². The summed E-state index contributed by atoms with van der Waals surface area (Å²) in [6.07, 6.45) is 4.10. The molecule has 3 rings (SSSR count). The first kappa shape index (κ1) is 18.8. The number of hydrogen-bond acceptors (Lipinski definition) is 3. The largest absolute Gasteiger partial charge is 0.338 e. The number of amides is 1. The Labute approximate surface area is 153 Å². The first-order chi connectivity index (χ1) is 11.1. The van der Waals surface area contributed by atoms with E-state index in [1.807, 2.05) is 36.1 Å². The summed E-state index contributed by atoms with van der Waals surface area (Å²) in [4.78, 5) is 14.7. The molecule has 0 aliphatic carbocycles. The Morgan fingerprint density at radius 3 is 2.71 bits per heavy atom. The molecule has 0 unspecified atom stereocenters. The van der Waals surface area contributed by atoms with E-state index in [4.69, 9.17) is 17.3 Å². The standard InChI is InChI=1S/C17H21ClN4O.ClH/c1-2-16-15(17(23)21-8-6-13(19)7-9-21)11-20-22(16)14-5-3-4-12(18)10-14;/h3-5,10-11,13H,2,6-9,19H2,1H3;1H. The van der Waals surface area contributed by atoms with E-state index in [1.165, 1.54) is 0 Å². The molecule has 1 amide bonds. The van der Waals surface area contributed by atoms with Crippen molar-refractivity contribution in [2.24, 2.45) is 5.73 Å². The molecule has 0 saturated carbocycles. The normalized spacial score (nSPS) is 15.2. The monoisotopic (exact) mass is 368 g/mol. The van der Waals surface area contributed by atoms with E-state index in [-0.39, 0.29) is 24.4 Å². The molecule has 7 heteroatoms. The molecule has 2 heterocycles. The lowest BCUT2D eigenvalue weighted by Gasteiger charge is -2.30. The smallest absolute Gasteiger partial charge is 0.257 e. The van der Waals surface area contributed by atoms with Crippen molar-refractivity contribution in [2.45, 2.75) is 32.2 Å². The molecule has 1 aliphatic heterocycles. The molecular formula is C17H22Cl2N4O. The van der Waals surface area contributed by atoms with Crippen molar-refractivity contribution in [3.05, 3.63) is 46.7 Å². The molecular weight excluding hydrogens is 347 g/mol. The maximum Gasteiger partial charge on any atom is 0.257 e. The third kappa shape index (κ3) is 3.74. The van der Waals surface area contributed by atoms with E-state index < -0.39 is 0 Å². The highest BCUT2D eigenvalue weighted by Crippen LogP contribution is 2.21. The average molecular weight is 369 g/mol. The van der Waals surface area contributed by atoms with Crippen molar-refractivity contribution in [1.29, 1.82) is 0 Å². The fourth-order valence-electron chi connectivity index (χ4n) is 3.00. The second-order valence-corrected chi connectivity index (χ2v) is 6.32. The van der Waals surface area contributed by atoms with Gasteiger partial charge in [-0.2, -0.15) is 5.10 Å². The molecule has 24 heavy (non-hydrogen) atoms. The third-order valence-corrected chi connectivity index (χ3v) is 4.55. The number of likely N-dealkylation sites (tertiary alicyclic amines) is 1. The summed E-state index contributed by atoms with van der Waals surface area (Å²) in [7, 11) is 0. The lowest BCUT2D eigenvalue weighted by molar-refractivity contribution is 0.0713. The number of rotatable bonds is 3. The van der Waals surface area contributed by atoms with E-state index in [9.17, 15) is 4.79 Å². The van der Waals surface area contributed by atoms with Gasteiger partial charge in [-0.15, -0.1) is 12.4 Å². The molecule has 2 N–H and O–H groups in total. The third-order valence-electron chi connectivity index (χ3n) is 4.31. The Hall–Kier alpha value is -1.56. The van der Waals surface area contributed by atoms with Gasteiger partial charge in [0, 0.05) is 24.2 Å². The molecule has 0 bridgehead atoms. The number of carbonyl (C=O) groups excluding carboxylic acids is 1. The van der Waals surface area contributed by atoms with Crippen LogP contribution in [0.5, 0.6) is 0 Å². The molecule has 0 atom stereocenters. The van der Waals surface area contributed by atoms with Gasteiger partial charge in [0.15, 0.2) is 0 Å². The fraction of sp³-hybridized carbons (Fsp3) is 0.412. The number of hydrogen-bond donors (Lipinski definition) is 1. The van der Waals surface area contributed by atoms with E-state index in [0.29, 0.717) is 23.7 Å². The van der Waals surface area contributed by atoms with Crippen molar-refractivity contribution in [3.8, 4) is 5.69 Å². The van der Waals surface area contributed by atoms with Crippen LogP contribution in [-0.4, -0.2) is 39.7 Å². The molecule has 1 aromatic heterocycles. The van der Waals surface area contributed by atoms with Crippen LogP contribution >= 0.6 is 24.0 Å². The van der Waals surface area contributed by atoms with Crippen molar-refractivity contribution in [2.75, 3.05) is 13.1 Å². The van der Waals surface area contributed by atoms with Crippen molar-refractivity contribution < 1.29 is 4.79 Å². The van der Waals surface area contributed by atoms with Gasteiger partial charge in [-0.25, -0.2) is 4.68 Å². The first-order valence-corrected chi connectivity index (χ1v) is 8.35. The van der Waals surface area contributed by atoms with Crippen LogP contribution < -0.4 is 5.73 Å². The number of aromatic nitrogens is 2. The Bertz CT molecular complexity index is 708. The van der Waals surface area contributed by atoms with Gasteiger partial charge in [0.1, 0.15) is 0 Å². The average Bonchev–Trinajstić information content (AvgIpc) is 2.98. The lowest BCUT2D eigenvalue weighted by Crippen LogP contribution is -2.43. The van der Waals surface area contributed by atoms with Crippen LogP contribution in [0.1, 0.15) is 35.8 Å². The van der Waals surface area contributed by atoms with Crippen molar-refractivity contribution >= 4 is 29.9 Å². The van der Waals surface area contributed by atoms with E-state index >= 15 is 0 Å². The zero-order valence-corrected chi connectivity index (χ0v) is 15.2. The molecule has 5 nitrogen and oxygen atoms in total. The van der Waals surface area contributed by atoms with E-state index in [2.05, 4.69) is 5.10 Å². The van der Waals surface area contributed by atoms with Crippen molar-refractivity contribution in [3.63, 3.8) is 0 Å². The molecule has 1 saturated heterocycles. The summed E-state index contributed by atoms with van der Waals surface area (Å²) in [5.74, 6) is 0.0435. The van der Waals surface area contributed by atoms with Gasteiger partial charge in [-0.3, -0.25) is 4.79 Å². The van der Waals surface area contributed by atoms with Gasteiger partial charge in [-0.05, 0) is 37.5 Å². The van der Waals surface area contributed by atoms with Gasteiger partial charge in [-0.1, -0.05) is 24.6 Å². The van der Waals surface area contributed by atoms with Gasteiger partial charge in [0.05, 0.1) is 23.1 Å². The Morgan fingerprint density at radius 1 is 1.38 bits per heavy atom. The molecule has 0 spiro atoms. The van der Waals surface area contributed by atoms with Gasteiger partial charge < -0.3 is 10.6 Å². The fourth-order valence-corrected chi connectivity index (χ4v) is 3.18. The Balaban J connectivity index is 0.00000208. The minimum atomic E-state index is 0. The maximum atomic E-state index is 12.8. The van der Waals surface area contributed by atoms with Crippen LogP contribution in [0.25, 0.3) is 5.69 Å². The van der Waals surface area contributed by atoms with Crippen molar-refractivity contribution in [1.82, 2.24) is 14.7 Å². The molecule has 1 aliphatic rings. The number of halogens is 2. The SMILES string of the molecule is CCc1c(C(=O)N2CCC(N)CC2)cnn1-c1cccc(Cl)c1.Cl. The summed E-state index contributed by atoms with van der Waals surface area (Å²) in [6, 6.07) is 7.70. The zero-order chi connectivity index (χ0) is 16.4. The summed E-state index contributed by atoms with van der Waals surface area (Å²) in [5, 5.41) is 5.07. The maximum absolute atomic E-state index is 12.8. The predicted octanol–water partition coefficient (Wildman–Crippen LogP) is 3.07. The van der Waals surface area contributed by atoms with Crippen LogP contribution in [0, 0.1) is 0 Å². The van der Waals surface area contributed by atoms with Crippen LogP contribution in [-0.2, 0) is 6.42 Å². The zero-order valence-electron chi connectivity index (χ0n) is 13.6. The number of nitrogens with two attached hydrogens (primary N) is 1. The van der Waals surface area contributed by atoms with Gasteiger partial charge in [0.25, 0.3) is 5.91 Å². The highest BCUT2D eigenvalue weighted by Gasteiger charge is 2.25. The number of piperidine rings is 1. The molecule has 2 aromatic rings. The lowest BCUT2D eigenvalue weighted by atomic mass is 10.0. The minimum Gasteiger partial charge on any atom is -0.338 e. The highest BCUT2D eigenvalue weighted by atomic mass is 35.5. The molecule has 1 aromatic carbocycles. The quantitative estimate of drug-likeness (QED) is 0.905. The molecule has 1 fully saturated rings. The Morgan fingerprint density at radius 2 is 2.08 bits per heavy atom. The predicted molar refractivity (Wildman–Crippen MR) is 98.3 cm³/mol. The molecule has 0 radical (unpaired) electrons. The minimum absolute atomic E-state index is 0. The Kier molecular flexibility index (Phi) is 6.27. The number of carbonyl (C=O) groups is 1. The summed E-state index contributed by atoms with van der Waals surface area (Å²) >= 11 is 6.07. The second-order valence-electron chi connectivity index (χ2n) is 5.88. The highest BCUT2D eigenvalue weighted by molar-refractivity contribution is 6.30. The van der Waals surface area contributed by atoms with E-state index in [0.717, 1.165) is 30.6 Å². The topological polar surface area (TPSA) is 64.2 Å². The summed E-state index contributed by atoms with van der Waals surface area (Å²) in [6.45, 7) is 3.46.